The van der Waals surface area contributed by atoms with E-state index in [2.05, 4.69) is 17.4 Å². The van der Waals surface area contributed by atoms with Crippen molar-refractivity contribution < 1.29 is 17.9 Å². The Hall–Kier alpha value is -2.01. The summed E-state index contributed by atoms with van der Waals surface area (Å²) in [6.45, 7) is 2.08. The summed E-state index contributed by atoms with van der Waals surface area (Å²) in [6.07, 6.45) is -4.31. The highest BCUT2D eigenvalue weighted by atomic mass is 19.4. The van der Waals surface area contributed by atoms with Gasteiger partial charge in [0.1, 0.15) is 5.75 Å². The number of halogens is 3. The highest BCUT2D eigenvalue weighted by molar-refractivity contribution is 5.33. The van der Waals surface area contributed by atoms with Crippen molar-refractivity contribution in [3.8, 4) is 5.75 Å². The van der Waals surface area contributed by atoms with Crippen molar-refractivity contribution in [1.82, 2.24) is 5.32 Å². The zero-order chi connectivity index (χ0) is 15.6. The fourth-order valence-electron chi connectivity index (χ4n) is 2.67. The first kappa shape index (κ1) is 14.9. The number of hydrogen-bond donors (Lipinski definition) is 1. The Morgan fingerprint density at radius 3 is 2.50 bits per heavy atom. The molecule has 2 aromatic rings. The van der Waals surface area contributed by atoms with Crippen molar-refractivity contribution in [2.45, 2.75) is 18.6 Å². The molecule has 0 radical (unpaired) electrons. The molecule has 0 fully saturated rings. The van der Waals surface area contributed by atoms with Gasteiger partial charge in [-0.25, -0.2) is 0 Å². The standard InChI is InChI=1S/C17H16F3NO/c18-17(19,20)14-5-7-15(8-6-14)22-11-13-10-21-9-12-3-1-2-4-16(12)13/h1-8,13,21H,9-11H2. The van der Waals surface area contributed by atoms with Crippen LogP contribution in [0.25, 0.3) is 0 Å². The van der Waals surface area contributed by atoms with Crippen LogP contribution in [-0.4, -0.2) is 13.2 Å². The first-order chi connectivity index (χ1) is 10.5. The molecule has 0 saturated carbocycles. The number of alkyl halides is 3. The highest BCUT2D eigenvalue weighted by Crippen LogP contribution is 2.31. The third-order valence-electron chi connectivity index (χ3n) is 3.83. The summed E-state index contributed by atoms with van der Waals surface area (Å²) in [5, 5.41) is 3.33. The number of benzene rings is 2. The van der Waals surface area contributed by atoms with Crippen LogP contribution < -0.4 is 10.1 Å². The topological polar surface area (TPSA) is 21.3 Å². The molecule has 0 saturated heterocycles. The normalized spacial score (nSPS) is 17.9. The minimum atomic E-state index is -4.31. The van der Waals surface area contributed by atoms with E-state index in [1.165, 1.54) is 23.3 Å². The highest BCUT2D eigenvalue weighted by Gasteiger charge is 2.30. The second kappa shape index (κ2) is 6.01. The van der Waals surface area contributed by atoms with Gasteiger partial charge in [0.25, 0.3) is 0 Å². The van der Waals surface area contributed by atoms with Crippen LogP contribution in [-0.2, 0) is 12.7 Å². The molecule has 1 aliphatic rings. The van der Waals surface area contributed by atoms with Crippen LogP contribution in [0.4, 0.5) is 13.2 Å². The van der Waals surface area contributed by atoms with Crippen LogP contribution in [0, 0.1) is 0 Å². The molecule has 3 rings (SSSR count). The third-order valence-corrected chi connectivity index (χ3v) is 3.83. The summed E-state index contributed by atoms with van der Waals surface area (Å²) in [7, 11) is 0. The Bertz CT molecular complexity index is 637. The summed E-state index contributed by atoms with van der Waals surface area (Å²) >= 11 is 0. The molecule has 1 N–H and O–H groups in total. The summed E-state index contributed by atoms with van der Waals surface area (Å²) < 4.78 is 43.2. The zero-order valence-corrected chi connectivity index (χ0v) is 11.9. The molecule has 5 heteroatoms. The zero-order valence-electron chi connectivity index (χ0n) is 11.9. The molecule has 0 amide bonds. The van der Waals surface area contributed by atoms with Crippen LogP contribution in [0.5, 0.6) is 5.75 Å². The number of hydrogen-bond acceptors (Lipinski definition) is 2. The van der Waals surface area contributed by atoms with Crippen molar-refractivity contribution in [2.24, 2.45) is 0 Å². The van der Waals surface area contributed by atoms with Crippen molar-refractivity contribution >= 4 is 0 Å². The molecule has 0 aliphatic carbocycles. The molecule has 1 unspecified atom stereocenters. The van der Waals surface area contributed by atoms with Crippen LogP contribution in [0.15, 0.2) is 48.5 Å². The van der Waals surface area contributed by atoms with Gasteiger partial charge in [0.2, 0.25) is 0 Å². The molecular formula is C17H16F3NO. The van der Waals surface area contributed by atoms with E-state index in [1.807, 2.05) is 12.1 Å². The molecule has 116 valence electrons. The van der Waals surface area contributed by atoms with E-state index in [-0.39, 0.29) is 5.92 Å². The van der Waals surface area contributed by atoms with E-state index >= 15 is 0 Å². The van der Waals surface area contributed by atoms with Crippen molar-refractivity contribution in [3.63, 3.8) is 0 Å². The smallest absolute Gasteiger partial charge is 0.416 e. The molecule has 2 aromatic carbocycles. The lowest BCUT2D eigenvalue weighted by atomic mass is 9.91. The predicted octanol–water partition coefficient (Wildman–Crippen LogP) is 3.97. The number of rotatable bonds is 3. The SMILES string of the molecule is FC(F)(F)c1ccc(OCC2CNCc3ccccc32)cc1. The van der Waals surface area contributed by atoms with Crippen LogP contribution in [0.2, 0.25) is 0 Å². The first-order valence-electron chi connectivity index (χ1n) is 7.12. The third kappa shape index (κ3) is 3.25. The van der Waals surface area contributed by atoms with Gasteiger partial charge in [-0.1, -0.05) is 24.3 Å². The van der Waals surface area contributed by atoms with Crippen LogP contribution >= 0.6 is 0 Å². The minimum absolute atomic E-state index is 0.201. The Kier molecular flexibility index (Phi) is 4.07. The monoisotopic (exact) mass is 307 g/mol. The fourth-order valence-corrected chi connectivity index (χ4v) is 2.67. The maximum absolute atomic E-state index is 12.5. The molecule has 1 heterocycles. The summed E-state index contributed by atoms with van der Waals surface area (Å²) in [6, 6.07) is 13.0. The molecule has 0 bridgehead atoms. The van der Waals surface area contributed by atoms with Gasteiger partial charge >= 0.3 is 6.18 Å². The molecule has 2 nitrogen and oxygen atoms in total. The molecule has 0 aromatic heterocycles. The van der Waals surface area contributed by atoms with Gasteiger partial charge in [-0.05, 0) is 35.4 Å². The molecule has 1 aliphatic heterocycles. The van der Waals surface area contributed by atoms with Crippen molar-refractivity contribution in [2.75, 3.05) is 13.2 Å². The largest absolute Gasteiger partial charge is 0.493 e. The minimum Gasteiger partial charge on any atom is -0.493 e. The second-order valence-corrected chi connectivity index (χ2v) is 5.36. The lowest BCUT2D eigenvalue weighted by molar-refractivity contribution is -0.137. The number of nitrogens with one attached hydrogen (secondary N) is 1. The average Bonchev–Trinajstić information content (AvgIpc) is 2.52. The Balaban J connectivity index is 1.66. The van der Waals surface area contributed by atoms with Crippen LogP contribution in [0.3, 0.4) is 0 Å². The summed E-state index contributed by atoms with van der Waals surface area (Å²) in [5.41, 5.74) is 1.83. The molecular weight excluding hydrogens is 291 g/mol. The van der Waals surface area contributed by atoms with Gasteiger partial charge in [-0.15, -0.1) is 0 Å². The average molecular weight is 307 g/mol. The Morgan fingerprint density at radius 2 is 1.77 bits per heavy atom. The second-order valence-electron chi connectivity index (χ2n) is 5.36. The van der Waals surface area contributed by atoms with E-state index in [4.69, 9.17) is 4.74 Å². The van der Waals surface area contributed by atoms with E-state index in [0.29, 0.717) is 12.4 Å². The first-order valence-corrected chi connectivity index (χ1v) is 7.12. The Labute approximate surface area is 126 Å². The fraction of sp³-hybridized carbons (Fsp3) is 0.294. The van der Waals surface area contributed by atoms with E-state index in [1.54, 1.807) is 0 Å². The van der Waals surface area contributed by atoms with Gasteiger partial charge < -0.3 is 10.1 Å². The van der Waals surface area contributed by atoms with Crippen LogP contribution in [0.1, 0.15) is 22.6 Å². The molecule has 1 atom stereocenters. The van der Waals surface area contributed by atoms with Gasteiger partial charge in [0.05, 0.1) is 12.2 Å². The molecule has 0 spiro atoms. The van der Waals surface area contributed by atoms with Gasteiger partial charge in [0.15, 0.2) is 0 Å². The Morgan fingerprint density at radius 1 is 1.05 bits per heavy atom. The van der Waals surface area contributed by atoms with E-state index in [9.17, 15) is 13.2 Å². The van der Waals surface area contributed by atoms with E-state index < -0.39 is 11.7 Å². The van der Waals surface area contributed by atoms with Gasteiger partial charge in [0, 0.05) is 19.0 Å². The summed E-state index contributed by atoms with van der Waals surface area (Å²) in [5.74, 6) is 0.656. The predicted molar refractivity (Wildman–Crippen MR) is 77.8 cm³/mol. The van der Waals surface area contributed by atoms with Crippen molar-refractivity contribution in [3.05, 3.63) is 65.2 Å². The molecule has 22 heavy (non-hydrogen) atoms. The summed E-state index contributed by atoms with van der Waals surface area (Å²) in [4.78, 5) is 0. The van der Waals surface area contributed by atoms with Gasteiger partial charge in [-0.3, -0.25) is 0 Å². The number of ether oxygens (including phenoxy) is 1. The van der Waals surface area contributed by atoms with E-state index in [0.717, 1.165) is 25.2 Å². The lowest BCUT2D eigenvalue weighted by Crippen LogP contribution is -2.31. The van der Waals surface area contributed by atoms with Gasteiger partial charge in [-0.2, -0.15) is 13.2 Å². The maximum atomic E-state index is 12.5. The number of fused-ring (bicyclic) bond motifs is 1. The quantitative estimate of drug-likeness (QED) is 0.926. The lowest BCUT2D eigenvalue weighted by Gasteiger charge is -2.26. The maximum Gasteiger partial charge on any atom is 0.416 e. The van der Waals surface area contributed by atoms with Crippen molar-refractivity contribution in [1.29, 1.82) is 0 Å².